The fourth-order valence-electron chi connectivity index (χ4n) is 4.79. The molecule has 2 atom stereocenters. The first-order chi connectivity index (χ1) is 15.5. The largest absolute Gasteiger partial charge is 0.379 e. The molecule has 0 spiro atoms. The smallest absolute Gasteiger partial charge is 0.134 e. The first-order valence-corrected chi connectivity index (χ1v) is 11.8. The number of benzene rings is 1. The van der Waals surface area contributed by atoms with Gasteiger partial charge in [-0.1, -0.05) is 24.3 Å². The molecule has 176 valence electrons. The number of morpholine rings is 1. The molecule has 1 saturated heterocycles. The molecule has 1 fully saturated rings. The van der Waals surface area contributed by atoms with Gasteiger partial charge in [0.1, 0.15) is 12.0 Å². The van der Waals surface area contributed by atoms with E-state index in [1.165, 1.54) is 22.5 Å². The van der Waals surface area contributed by atoms with Crippen molar-refractivity contribution in [3.63, 3.8) is 0 Å². The van der Waals surface area contributed by atoms with E-state index < -0.39 is 0 Å². The Morgan fingerprint density at radius 1 is 1.25 bits per heavy atom. The van der Waals surface area contributed by atoms with Crippen LogP contribution in [0.1, 0.15) is 48.9 Å². The maximum atomic E-state index is 5.63. The van der Waals surface area contributed by atoms with E-state index in [0.29, 0.717) is 6.04 Å². The third-order valence-electron chi connectivity index (χ3n) is 6.49. The lowest BCUT2D eigenvalue weighted by molar-refractivity contribution is 0.00340. The summed E-state index contributed by atoms with van der Waals surface area (Å²) < 4.78 is 7.78. The maximum Gasteiger partial charge on any atom is 0.134 e. The summed E-state index contributed by atoms with van der Waals surface area (Å²) >= 11 is 0. The minimum atomic E-state index is 0.0760. The molecule has 0 amide bonds. The fourth-order valence-corrected chi connectivity index (χ4v) is 4.79. The Morgan fingerprint density at radius 2 is 2.03 bits per heavy atom. The summed E-state index contributed by atoms with van der Waals surface area (Å²) in [5.74, 6) is 1.21. The molecule has 0 radical (unpaired) electrons. The van der Waals surface area contributed by atoms with E-state index in [-0.39, 0.29) is 12.3 Å². The SMILES string of the molecule is CNCCN(C)Cc1cccc(C2NC(N3CCOCC3)c3cnn(C(C)C)c3N2C)c1. The van der Waals surface area contributed by atoms with Gasteiger partial charge in [0.25, 0.3) is 0 Å². The van der Waals surface area contributed by atoms with Crippen LogP contribution in [0, 0.1) is 0 Å². The topological polar surface area (TPSA) is 60.8 Å². The third-order valence-corrected chi connectivity index (χ3v) is 6.49. The second-order valence-corrected chi connectivity index (χ2v) is 9.28. The molecule has 2 aliphatic heterocycles. The highest BCUT2D eigenvalue weighted by Crippen LogP contribution is 2.40. The molecular formula is C24H39N7O. The molecule has 32 heavy (non-hydrogen) atoms. The van der Waals surface area contributed by atoms with E-state index in [2.05, 4.69) is 82.2 Å². The molecule has 2 unspecified atom stereocenters. The van der Waals surface area contributed by atoms with Crippen LogP contribution in [0.4, 0.5) is 5.82 Å². The van der Waals surface area contributed by atoms with Gasteiger partial charge in [-0.05, 0) is 39.1 Å². The van der Waals surface area contributed by atoms with Crippen molar-refractivity contribution >= 4 is 5.82 Å². The second-order valence-electron chi connectivity index (χ2n) is 9.28. The minimum absolute atomic E-state index is 0.0760. The van der Waals surface area contributed by atoms with E-state index in [4.69, 9.17) is 9.84 Å². The van der Waals surface area contributed by atoms with Gasteiger partial charge in [-0.3, -0.25) is 10.2 Å². The first kappa shape index (κ1) is 23.2. The Morgan fingerprint density at radius 3 is 2.75 bits per heavy atom. The highest BCUT2D eigenvalue weighted by Gasteiger charge is 2.38. The Balaban J connectivity index is 1.64. The molecule has 1 aromatic carbocycles. The molecule has 2 N–H and O–H groups in total. The van der Waals surface area contributed by atoms with Gasteiger partial charge >= 0.3 is 0 Å². The molecule has 8 heteroatoms. The van der Waals surface area contributed by atoms with Gasteiger partial charge in [-0.25, -0.2) is 4.68 Å². The number of fused-ring (bicyclic) bond motifs is 1. The van der Waals surface area contributed by atoms with Gasteiger partial charge in [0.05, 0.1) is 25.6 Å². The lowest BCUT2D eigenvalue weighted by Crippen LogP contribution is -2.52. The zero-order valence-corrected chi connectivity index (χ0v) is 20.2. The van der Waals surface area contributed by atoms with Crippen LogP contribution in [-0.2, 0) is 11.3 Å². The number of hydrogen-bond acceptors (Lipinski definition) is 7. The quantitative estimate of drug-likeness (QED) is 0.651. The van der Waals surface area contributed by atoms with E-state index in [1.807, 2.05) is 13.2 Å². The molecule has 0 saturated carbocycles. The molecule has 4 rings (SSSR count). The van der Waals surface area contributed by atoms with Crippen molar-refractivity contribution in [2.75, 3.05) is 65.4 Å². The number of aromatic nitrogens is 2. The predicted molar refractivity (Wildman–Crippen MR) is 129 cm³/mol. The molecule has 3 heterocycles. The maximum absolute atomic E-state index is 5.63. The summed E-state index contributed by atoms with van der Waals surface area (Å²) in [6, 6.07) is 9.30. The number of ether oxygens (including phenoxy) is 1. The van der Waals surface area contributed by atoms with Crippen molar-refractivity contribution in [1.82, 2.24) is 30.2 Å². The molecule has 0 aliphatic carbocycles. The van der Waals surface area contributed by atoms with Gasteiger partial charge in [0.2, 0.25) is 0 Å². The Labute approximate surface area is 192 Å². The van der Waals surface area contributed by atoms with Crippen molar-refractivity contribution in [2.45, 2.75) is 38.8 Å². The van der Waals surface area contributed by atoms with Crippen molar-refractivity contribution in [3.8, 4) is 0 Å². The second kappa shape index (κ2) is 10.3. The van der Waals surface area contributed by atoms with Gasteiger partial charge < -0.3 is 19.9 Å². The van der Waals surface area contributed by atoms with Crippen LogP contribution in [0.15, 0.2) is 30.5 Å². The monoisotopic (exact) mass is 441 g/mol. The minimum Gasteiger partial charge on any atom is -0.379 e. The normalized spacial score (nSPS) is 22.0. The fraction of sp³-hybridized carbons (Fsp3) is 0.625. The number of nitrogens with zero attached hydrogens (tertiary/aromatic N) is 5. The lowest BCUT2D eigenvalue weighted by atomic mass is 10.0. The Kier molecular flexibility index (Phi) is 7.48. The number of hydrogen-bond donors (Lipinski definition) is 2. The number of likely N-dealkylation sites (N-methyl/N-ethyl adjacent to an activating group) is 2. The Bertz CT molecular complexity index is 877. The van der Waals surface area contributed by atoms with Crippen molar-refractivity contribution in [2.24, 2.45) is 0 Å². The van der Waals surface area contributed by atoms with Crippen LogP contribution in [-0.4, -0.2) is 80.1 Å². The van der Waals surface area contributed by atoms with Crippen LogP contribution >= 0.6 is 0 Å². The summed E-state index contributed by atoms with van der Waals surface area (Å²) in [6.07, 6.45) is 2.25. The third kappa shape index (κ3) is 4.84. The number of nitrogens with one attached hydrogen (secondary N) is 2. The standard InChI is InChI=1S/C24H39N7O/c1-18(2)31-24-21(16-26-31)23(30-11-13-32-14-12-30)27-22(29(24)5)20-8-6-7-19(15-20)17-28(4)10-9-25-3/h6-8,15-16,18,22-23,25,27H,9-14,17H2,1-5H3. The van der Waals surface area contributed by atoms with Crippen LogP contribution in [0.25, 0.3) is 0 Å². The van der Waals surface area contributed by atoms with Crippen LogP contribution in [0.2, 0.25) is 0 Å². The van der Waals surface area contributed by atoms with Crippen LogP contribution in [0.5, 0.6) is 0 Å². The summed E-state index contributed by atoms with van der Waals surface area (Å²) in [5.41, 5.74) is 3.87. The number of rotatable bonds is 8. The van der Waals surface area contributed by atoms with Gasteiger partial charge in [0, 0.05) is 51.4 Å². The summed E-state index contributed by atoms with van der Waals surface area (Å²) in [5, 5.41) is 11.9. The molecule has 2 aromatic rings. The summed E-state index contributed by atoms with van der Waals surface area (Å²) in [4.78, 5) is 7.20. The summed E-state index contributed by atoms with van der Waals surface area (Å²) in [6.45, 7) is 10.8. The highest BCUT2D eigenvalue weighted by molar-refractivity contribution is 5.53. The zero-order chi connectivity index (χ0) is 22.7. The molecule has 0 bridgehead atoms. The van der Waals surface area contributed by atoms with Crippen LogP contribution < -0.4 is 15.5 Å². The van der Waals surface area contributed by atoms with E-state index in [1.54, 1.807) is 0 Å². The predicted octanol–water partition coefficient (Wildman–Crippen LogP) is 2.18. The zero-order valence-electron chi connectivity index (χ0n) is 20.2. The lowest BCUT2D eigenvalue weighted by Gasteiger charge is -2.45. The molecule has 8 nitrogen and oxygen atoms in total. The highest BCUT2D eigenvalue weighted by atomic mass is 16.5. The van der Waals surface area contributed by atoms with Crippen LogP contribution in [0.3, 0.4) is 0 Å². The van der Waals surface area contributed by atoms with Crippen molar-refractivity contribution in [3.05, 3.63) is 47.2 Å². The van der Waals surface area contributed by atoms with Crippen molar-refractivity contribution < 1.29 is 4.74 Å². The van der Waals surface area contributed by atoms with Gasteiger partial charge in [0.15, 0.2) is 0 Å². The molecule has 2 aliphatic rings. The Hall–Kier alpha value is -1.97. The van der Waals surface area contributed by atoms with Gasteiger partial charge in [-0.2, -0.15) is 5.10 Å². The molecular weight excluding hydrogens is 402 g/mol. The van der Waals surface area contributed by atoms with E-state index in [0.717, 1.165) is 45.9 Å². The average molecular weight is 442 g/mol. The average Bonchev–Trinajstić information content (AvgIpc) is 3.25. The number of anilines is 1. The van der Waals surface area contributed by atoms with Gasteiger partial charge in [-0.15, -0.1) is 0 Å². The molecule has 1 aromatic heterocycles. The summed E-state index contributed by atoms with van der Waals surface area (Å²) in [7, 11) is 6.36. The van der Waals surface area contributed by atoms with Crippen molar-refractivity contribution in [1.29, 1.82) is 0 Å². The van der Waals surface area contributed by atoms with E-state index in [9.17, 15) is 0 Å². The first-order valence-electron chi connectivity index (χ1n) is 11.8. The van der Waals surface area contributed by atoms with E-state index >= 15 is 0 Å².